The fourth-order valence-electron chi connectivity index (χ4n) is 5.68. The summed E-state index contributed by atoms with van der Waals surface area (Å²) in [5.41, 5.74) is 0. The Morgan fingerprint density at radius 2 is 1.00 bits per heavy atom. The summed E-state index contributed by atoms with van der Waals surface area (Å²) in [7, 11) is 1.45. The second-order valence-corrected chi connectivity index (χ2v) is 17.2. The minimum absolute atomic E-state index is 0.0229. The van der Waals surface area contributed by atoms with Gasteiger partial charge < -0.3 is 18.9 Å². The van der Waals surface area contributed by atoms with Crippen LogP contribution in [0, 0.1) is 0 Å². The number of phosphoric acid groups is 1. The molecule has 0 saturated heterocycles. The Labute approximate surface area is 331 Å². The maximum Gasteiger partial charge on any atom is 0.472 e. The maximum atomic E-state index is 12.7. The fourth-order valence-corrected chi connectivity index (χ4v) is 6.43. The van der Waals surface area contributed by atoms with Gasteiger partial charge in [0.1, 0.15) is 19.8 Å². The van der Waals surface area contributed by atoms with E-state index in [1.165, 1.54) is 96.3 Å². The van der Waals surface area contributed by atoms with Crippen LogP contribution in [0.1, 0.15) is 181 Å². The van der Waals surface area contributed by atoms with Gasteiger partial charge in [-0.25, -0.2) is 4.57 Å². The van der Waals surface area contributed by atoms with E-state index in [9.17, 15) is 19.0 Å². The number of carbonyl (C=O) groups excluding carboxylic acids is 2. The van der Waals surface area contributed by atoms with Gasteiger partial charge in [-0.05, 0) is 70.6 Å². The molecule has 0 fully saturated rings. The predicted octanol–water partition coefficient (Wildman–Crippen LogP) is 12.1. The Morgan fingerprint density at radius 1 is 0.574 bits per heavy atom. The van der Waals surface area contributed by atoms with Gasteiger partial charge in [-0.2, -0.15) is 0 Å². The van der Waals surface area contributed by atoms with Crippen molar-refractivity contribution in [1.82, 2.24) is 0 Å². The molecule has 0 aliphatic heterocycles. The molecule has 0 bridgehead atoms. The summed E-state index contributed by atoms with van der Waals surface area (Å²) in [5, 5.41) is 0. The van der Waals surface area contributed by atoms with E-state index in [4.69, 9.17) is 18.5 Å². The van der Waals surface area contributed by atoms with Crippen molar-refractivity contribution in [2.45, 2.75) is 187 Å². The molecule has 0 spiro atoms. The van der Waals surface area contributed by atoms with Crippen molar-refractivity contribution >= 4 is 19.8 Å². The molecule has 0 heterocycles. The summed E-state index contributed by atoms with van der Waals surface area (Å²) in [4.78, 5) is 35.3. The predicted molar refractivity (Wildman–Crippen MR) is 224 cm³/mol. The second kappa shape index (κ2) is 36.8. The monoisotopic (exact) mass is 785 g/mol. The molecule has 0 aromatic carbocycles. The number of allylic oxidation sites excluding steroid dienone is 6. The van der Waals surface area contributed by atoms with Gasteiger partial charge in [-0.1, -0.05) is 134 Å². The van der Waals surface area contributed by atoms with Gasteiger partial charge in [-0.15, -0.1) is 0 Å². The molecule has 2 atom stereocenters. The smallest absolute Gasteiger partial charge is 0.462 e. The topological polar surface area (TPSA) is 108 Å². The first-order chi connectivity index (χ1) is 26.0. The van der Waals surface area contributed by atoms with E-state index in [1.54, 1.807) is 0 Å². The summed E-state index contributed by atoms with van der Waals surface area (Å²) in [6, 6.07) is 0. The Kier molecular flexibility index (Phi) is 35.6. The molecule has 0 rings (SSSR count). The molecular weight excluding hydrogens is 701 g/mol. The Morgan fingerprint density at radius 3 is 1.48 bits per heavy atom. The minimum atomic E-state index is -4.38. The number of hydrogen-bond donors (Lipinski definition) is 1. The molecule has 0 aromatic heterocycles. The zero-order chi connectivity index (χ0) is 40.0. The van der Waals surface area contributed by atoms with E-state index >= 15 is 0 Å². The Hall–Kier alpha value is -1.77. The zero-order valence-corrected chi connectivity index (χ0v) is 36.3. The summed E-state index contributed by atoms with van der Waals surface area (Å²) in [6.45, 7) is 4.35. The standard InChI is InChI=1S/C44H82NO8P/c1-6-8-10-12-14-16-18-20-22-24-26-28-30-32-34-36-43(46)50-40-42(41-52-54(48,49)51-39-38-45(3,4)5)53-44(47)37-35-33-31-29-27-25-23-21-19-17-15-13-11-9-7-2/h21,23,26-29,42H,6-20,22,24-25,30-41H2,1-5H3/p+1/b23-21+,28-26+,29-27+/t42-/m1/s1. The van der Waals surface area contributed by atoms with Crippen molar-refractivity contribution < 1.29 is 42.1 Å². The van der Waals surface area contributed by atoms with Crippen LogP contribution in [-0.2, 0) is 32.7 Å². The van der Waals surface area contributed by atoms with Crippen LogP contribution in [0.3, 0.4) is 0 Å². The van der Waals surface area contributed by atoms with Crippen LogP contribution in [0.4, 0.5) is 0 Å². The van der Waals surface area contributed by atoms with Crippen molar-refractivity contribution in [3.05, 3.63) is 36.5 Å². The van der Waals surface area contributed by atoms with E-state index in [1.807, 2.05) is 21.1 Å². The molecule has 0 radical (unpaired) electrons. The average Bonchev–Trinajstić information content (AvgIpc) is 3.12. The molecule has 1 unspecified atom stereocenters. The Balaban J connectivity index is 4.45. The summed E-state index contributed by atoms with van der Waals surface area (Å²) < 4.78 is 34.2. The van der Waals surface area contributed by atoms with Crippen LogP contribution >= 0.6 is 7.82 Å². The largest absolute Gasteiger partial charge is 0.472 e. The third kappa shape index (κ3) is 39.9. The van der Waals surface area contributed by atoms with Gasteiger partial charge in [0, 0.05) is 12.8 Å². The molecule has 0 aliphatic carbocycles. The van der Waals surface area contributed by atoms with E-state index in [0.29, 0.717) is 23.9 Å². The van der Waals surface area contributed by atoms with Gasteiger partial charge >= 0.3 is 19.8 Å². The third-order valence-electron chi connectivity index (χ3n) is 9.14. The lowest BCUT2D eigenvalue weighted by Gasteiger charge is -2.24. The highest BCUT2D eigenvalue weighted by molar-refractivity contribution is 7.47. The molecule has 0 saturated carbocycles. The van der Waals surface area contributed by atoms with Crippen molar-refractivity contribution in [3.8, 4) is 0 Å². The number of likely N-dealkylation sites (N-methyl/N-ethyl adjacent to an activating group) is 1. The van der Waals surface area contributed by atoms with Crippen LogP contribution in [0.5, 0.6) is 0 Å². The van der Waals surface area contributed by atoms with Crippen LogP contribution in [-0.4, -0.2) is 74.9 Å². The lowest BCUT2D eigenvalue weighted by molar-refractivity contribution is -0.870. The molecule has 0 aliphatic rings. The van der Waals surface area contributed by atoms with Gasteiger partial charge in [0.15, 0.2) is 6.10 Å². The average molecular weight is 785 g/mol. The fraction of sp³-hybridized carbons (Fsp3) is 0.818. The van der Waals surface area contributed by atoms with Crippen molar-refractivity contribution in [2.75, 3.05) is 47.5 Å². The van der Waals surface area contributed by atoms with Crippen LogP contribution < -0.4 is 0 Å². The van der Waals surface area contributed by atoms with Gasteiger partial charge in [0.05, 0.1) is 27.7 Å². The normalized spacial score (nSPS) is 14.0. The van der Waals surface area contributed by atoms with E-state index in [2.05, 4.69) is 50.3 Å². The van der Waals surface area contributed by atoms with Crippen LogP contribution in [0.2, 0.25) is 0 Å². The molecule has 0 aromatic rings. The molecule has 10 heteroatoms. The Bertz CT molecular complexity index is 1020. The number of ether oxygens (including phenoxy) is 2. The highest BCUT2D eigenvalue weighted by atomic mass is 31.2. The number of phosphoric ester groups is 1. The molecule has 1 N–H and O–H groups in total. The number of quaternary nitrogens is 1. The van der Waals surface area contributed by atoms with E-state index in [-0.39, 0.29) is 26.1 Å². The summed E-state index contributed by atoms with van der Waals surface area (Å²) in [5.74, 6) is -0.862. The molecule has 54 heavy (non-hydrogen) atoms. The first-order valence-electron chi connectivity index (χ1n) is 21.7. The van der Waals surface area contributed by atoms with Crippen molar-refractivity contribution in [1.29, 1.82) is 0 Å². The van der Waals surface area contributed by atoms with E-state index in [0.717, 1.165) is 44.9 Å². The van der Waals surface area contributed by atoms with Crippen molar-refractivity contribution in [3.63, 3.8) is 0 Å². The first-order valence-corrected chi connectivity index (χ1v) is 23.2. The number of rotatable bonds is 39. The van der Waals surface area contributed by atoms with Gasteiger partial charge in [-0.3, -0.25) is 18.6 Å². The first kappa shape index (κ1) is 52.2. The lowest BCUT2D eigenvalue weighted by atomic mass is 10.1. The molecule has 0 amide bonds. The van der Waals surface area contributed by atoms with E-state index < -0.39 is 32.5 Å². The number of nitrogens with zero attached hydrogens (tertiary/aromatic N) is 1. The molecular formula is C44H83NO8P+. The zero-order valence-electron chi connectivity index (χ0n) is 35.5. The SMILES string of the molecule is CCCCCCCC/C=C/C/C=C/CCCCC(=O)O[C@H](COC(=O)CCCC/C=C/CCCCCCCCCCC)COP(=O)(O)OCC[N+](C)(C)C. The quantitative estimate of drug-likeness (QED) is 0.0216. The second-order valence-electron chi connectivity index (χ2n) is 15.7. The number of hydrogen-bond acceptors (Lipinski definition) is 7. The lowest BCUT2D eigenvalue weighted by Crippen LogP contribution is -2.37. The maximum absolute atomic E-state index is 12.7. The number of carbonyl (C=O) groups is 2. The minimum Gasteiger partial charge on any atom is -0.462 e. The number of unbranched alkanes of at least 4 members (excludes halogenated alkanes) is 19. The highest BCUT2D eigenvalue weighted by Crippen LogP contribution is 2.43. The highest BCUT2D eigenvalue weighted by Gasteiger charge is 2.27. The van der Waals surface area contributed by atoms with Crippen LogP contribution in [0.15, 0.2) is 36.5 Å². The third-order valence-corrected chi connectivity index (χ3v) is 10.1. The van der Waals surface area contributed by atoms with Crippen molar-refractivity contribution in [2.24, 2.45) is 0 Å². The molecule has 316 valence electrons. The summed E-state index contributed by atoms with van der Waals surface area (Å²) in [6.07, 6.45) is 40.5. The summed E-state index contributed by atoms with van der Waals surface area (Å²) >= 11 is 0. The van der Waals surface area contributed by atoms with Crippen LogP contribution in [0.25, 0.3) is 0 Å². The number of esters is 2. The van der Waals surface area contributed by atoms with Gasteiger partial charge in [0.25, 0.3) is 0 Å². The van der Waals surface area contributed by atoms with Gasteiger partial charge in [0.2, 0.25) is 0 Å². The molecule has 9 nitrogen and oxygen atoms in total.